The Labute approximate surface area is 77.0 Å². The summed E-state index contributed by atoms with van der Waals surface area (Å²) in [5.41, 5.74) is 1.28. The summed E-state index contributed by atoms with van der Waals surface area (Å²) in [6, 6.07) is 0. The van der Waals surface area contributed by atoms with Crippen LogP contribution in [0.4, 0.5) is 0 Å². The highest BCUT2D eigenvalue weighted by Crippen LogP contribution is 2.51. The minimum atomic E-state index is -0.0532. The molecule has 68 valence electrons. The van der Waals surface area contributed by atoms with Crippen LogP contribution in [-0.2, 0) is 9.59 Å². The normalized spacial score (nSPS) is 47.0. The largest absolute Gasteiger partial charge is 0.299 e. The van der Waals surface area contributed by atoms with Crippen molar-refractivity contribution in [3.8, 4) is 0 Å². The third-order valence-corrected chi connectivity index (χ3v) is 3.98. The zero-order chi connectivity index (χ0) is 9.16. The lowest BCUT2D eigenvalue weighted by atomic mass is 9.78. The Morgan fingerprint density at radius 1 is 1.23 bits per heavy atom. The van der Waals surface area contributed by atoms with Gasteiger partial charge in [0.25, 0.3) is 0 Å². The summed E-state index contributed by atoms with van der Waals surface area (Å²) in [5, 5.41) is 0. The third kappa shape index (κ3) is 0.742. The Morgan fingerprint density at radius 3 is 2.77 bits per heavy atom. The van der Waals surface area contributed by atoms with Crippen molar-refractivity contribution in [1.29, 1.82) is 0 Å². The SMILES string of the molecule is CC1=CC2C(=O)CC3C(=O)C2CC13. The van der Waals surface area contributed by atoms with Crippen LogP contribution in [0.5, 0.6) is 0 Å². The molecule has 0 radical (unpaired) electrons. The van der Waals surface area contributed by atoms with E-state index in [1.54, 1.807) is 0 Å². The number of rotatable bonds is 0. The number of hydrogen-bond acceptors (Lipinski definition) is 2. The van der Waals surface area contributed by atoms with Gasteiger partial charge in [-0.05, 0) is 19.3 Å². The minimum Gasteiger partial charge on any atom is -0.299 e. The number of allylic oxidation sites excluding steroid dienone is 2. The van der Waals surface area contributed by atoms with Crippen LogP contribution in [0, 0.1) is 23.7 Å². The first kappa shape index (κ1) is 7.48. The molecular formula is C11H12O2. The molecular weight excluding hydrogens is 164 g/mol. The van der Waals surface area contributed by atoms with E-state index in [0.717, 1.165) is 6.42 Å². The van der Waals surface area contributed by atoms with Crippen molar-refractivity contribution in [1.82, 2.24) is 0 Å². The molecule has 4 unspecified atom stereocenters. The quantitative estimate of drug-likeness (QED) is 0.522. The summed E-state index contributed by atoms with van der Waals surface area (Å²) in [7, 11) is 0. The number of carbonyl (C=O) groups is 2. The fraction of sp³-hybridized carbons (Fsp3) is 0.636. The van der Waals surface area contributed by atoms with Crippen molar-refractivity contribution < 1.29 is 9.59 Å². The number of Topliss-reactive ketones (excluding diaryl/α,β-unsaturated/α-hetero) is 2. The predicted octanol–water partition coefficient (Wildman–Crippen LogP) is 1.36. The van der Waals surface area contributed by atoms with Crippen LogP contribution in [0.15, 0.2) is 11.6 Å². The van der Waals surface area contributed by atoms with Gasteiger partial charge >= 0.3 is 0 Å². The van der Waals surface area contributed by atoms with Gasteiger partial charge in [-0.2, -0.15) is 0 Å². The first-order valence-electron chi connectivity index (χ1n) is 4.93. The maximum absolute atomic E-state index is 11.8. The molecule has 2 saturated carbocycles. The molecule has 3 aliphatic rings. The molecule has 0 aliphatic heterocycles. The molecule has 0 saturated heterocycles. The lowest BCUT2D eigenvalue weighted by Gasteiger charge is -2.23. The second kappa shape index (κ2) is 2.11. The molecule has 13 heavy (non-hydrogen) atoms. The number of fused-ring (bicyclic) bond motifs is 3. The molecule has 0 amide bonds. The predicted molar refractivity (Wildman–Crippen MR) is 47.0 cm³/mol. The molecule has 2 nitrogen and oxygen atoms in total. The van der Waals surface area contributed by atoms with Gasteiger partial charge in [0.2, 0.25) is 0 Å². The lowest BCUT2D eigenvalue weighted by Crippen LogP contribution is -2.33. The molecule has 0 aromatic carbocycles. The molecule has 0 heterocycles. The topological polar surface area (TPSA) is 34.1 Å². The Kier molecular flexibility index (Phi) is 1.22. The third-order valence-electron chi connectivity index (χ3n) is 3.98. The van der Waals surface area contributed by atoms with E-state index in [2.05, 4.69) is 6.92 Å². The van der Waals surface area contributed by atoms with Gasteiger partial charge in [0.05, 0.1) is 0 Å². The van der Waals surface area contributed by atoms with Crippen molar-refractivity contribution in [3.05, 3.63) is 11.6 Å². The first-order valence-corrected chi connectivity index (χ1v) is 4.93. The second-order valence-electron chi connectivity index (χ2n) is 4.56. The summed E-state index contributed by atoms with van der Waals surface area (Å²) >= 11 is 0. The number of hydrogen-bond donors (Lipinski definition) is 0. The van der Waals surface area contributed by atoms with Crippen molar-refractivity contribution in [3.63, 3.8) is 0 Å². The van der Waals surface area contributed by atoms with Gasteiger partial charge < -0.3 is 0 Å². The van der Waals surface area contributed by atoms with Gasteiger partial charge in [0.15, 0.2) is 0 Å². The molecule has 3 bridgehead atoms. The monoisotopic (exact) mass is 176 g/mol. The van der Waals surface area contributed by atoms with Gasteiger partial charge in [0, 0.05) is 24.2 Å². The fourth-order valence-electron chi connectivity index (χ4n) is 3.29. The van der Waals surface area contributed by atoms with Crippen molar-refractivity contribution in [2.24, 2.45) is 23.7 Å². The van der Waals surface area contributed by atoms with Crippen LogP contribution in [0.1, 0.15) is 19.8 Å². The zero-order valence-electron chi connectivity index (χ0n) is 7.62. The lowest BCUT2D eigenvalue weighted by molar-refractivity contribution is -0.136. The molecule has 4 atom stereocenters. The zero-order valence-corrected chi connectivity index (χ0v) is 7.62. The highest BCUT2D eigenvalue weighted by atomic mass is 16.1. The summed E-state index contributed by atoms with van der Waals surface area (Å²) < 4.78 is 0. The van der Waals surface area contributed by atoms with E-state index in [-0.39, 0.29) is 17.8 Å². The summed E-state index contributed by atoms with van der Waals surface area (Å²) in [6.07, 6.45) is 3.51. The molecule has 2 fully saturated rings. The molecule has 0 spiro atoms. The van der Waals surface area contributed by atoms with Crippen molar-refractivity contribution in [2.75, 3.05) is 0 Å². The minimum absolute atomic E-state index is 0.0486. The maximum atomic E-state index is 11.8. The van der Waals surface area contributed by atoms with Crippen LogP contribution < -0.4 is 0 Å². The van der Waals surface area contributed by atoms with E-state index in [4.69, 9.17) is 0 Å². The Hall–Kier alpha value is -0.920. The first-order chi connectivity index (χ1) is 6.18. The average molecular weight is 176 g/mol. The Morgan fingerprint density at radius 2 is 2.00 bits per heavy atom. The van der Waals surface area contributed by atoms with Gasteiger partial charge in [-0.15, -0.1) is 0 Å². The number of carbonyl (C=O) groups excluding carboxylic acids is 2. The molecule has 0 aromatic rings. The smallest absolute Gasteiger partial charge is 0.141 e. The molecule has 3 rings (SSSR count). The Balaban J connectivity index is 2.17. The van der Waals surface area contributed by atoms with Crippen LogP contribution in [-0.4, -0.2) is 11.6 Å². The average Bonchev–Trinajstić information content (AvgIpc) is 2.23. The van der Waals surface area contributed by atoms with Gasteiger partial charge in [0.1, 0.15) is 11.6 Å². The molecule has 0 aromatic heterocycles. The highest BCUT2D eigenvalue weighted by molar-refractivity contribution is 6.01. The Bertz CT molecular complexity index is 340. The van der Waals surface area contributed by atoms with E-state index in [1.165, 1.54) is 5.57 Å². The van der Waals surface area contributed by atoms with Gasteiger partial charge in [-0.3, -0.25) is 9.59 Å². The van der Waals surface area contributed by atoms with Gasteiger partial charge in [-0.25, -0.2) is 0 Å². The van der Waals surface area contributed by atoms with Crippen LogP contribution in [0.3, 0.4) is 0 Å². The van der Waals surface area contributed by atoms with E-state index in [1.807, 2.05) is 6.08 Å². The van der Waals surface area contributed by atoms with E-state index < -0.39 is 0 Å². The van der Waals surface area contributed by atoms with Gasteiger partial charge in [-0.1, -0.05) is 11.6 Å². The second-order valence-corrected chi connectivity index (χ2v) is 4.56. The van der Waals surface area contributed by atoms with Crippen LogP contribution in [0.2, 0.25) is 0 Å². The van der Waals surface area contributed by atoms with Crippen molar-refractivity contribution >= 4 is 11.6 Å². The van der Waals surface area contributed by atoms with E-state index >= 15 is 0 Å². The van der Waals surface area contributed by atoms with Crippen molar-refractivity contribution in [2.45, 2.75) is 19.8 Å². The summed E-state index contributed by atoms with van der Waals surface area (Å²) in [6.45, 7) is 2.07. The van der Waals surface area contributed by atoms with Crippen LogP contribution in [0.25, 0.3) is 0 Å². The fourth-order valence-corrected chi connectivity index (χ4v) is 3.29. The van der Waals surface area contributed by atoms with Crippen LogP contribution >= 0.6 is 0 Å². The summed E-state index contributed by atoms with van der Waals surface area (Å²) in [4.78, 5) is 23.4. The van der Waals surface area contributed by atoms with E-state index in [9.17, 15) is 9.59 Å². The molecule has 0 N–H and O–H groups in total. The number of ketones is 2. The molecule has 2 heteroatoms. The standard InChI is InChI=1S/C11H12O2/c1-5-2-7-8-3-6(5)9(11(8)13)4-10(7)12/h2,6-9H,3-4H2,1H3. The maximum Gasteiger partial charge on any atom is 0.141 e. The highest BCUT2D eigenvalue weighted by Gasteiger charge is 2.54. The molecule has 3 aliphatic carbocycles. The summed E-state index contributed by atoms with van der Waals surface area (Å²) in [5.74, 6) is 1.12. The van der Waals surface area contributed by atoms with E-state index in [0.29, 0.717) is 23.9 Å².